The fraction of sp³-hybridized carbons (Fsp3) is 0.821. The first-order chi connectivity index (χ1) is 26.4. The van der Waals surface area contributed by atoms with E-state index in [0.29, 0.717) is 32.5 Å². The van der Waals surface area contributed by atoms with Crippen LogP contribution in [0.1, 0.15) is 93.9 Å². The zero-order valence-corrected chi connectivity index (χ0v) is 36.1. The number of aliphatic hydroxyl groups is 2. The van der Waals surface area contributed by atoms with E-state index < -0.39 is 65.7 Å². The first-order valence-corrected chi connectivity index (χ1v) is 20.8. The molecular weight excluding hydrogens is 746 g/mol. The van der Waals surface area contributed by atoms with Crippen LogP contribution in [0.4, 0.5) is 4.39 Å². The van der Waals surface area contributed by atoms with E-state index in [2.05, 4.69) is 25.9 Å². The number of hydrogen-bond acceptors (Lipinski definition) is 15. The molecule has 2 aromatic rings. The number of nitrogens with zero attached hydrogens (tertiary/aromatic N) is 5. The second-order valence-corrected chi connectivity index (χ2v) is 16.8. The molecule has 0 spiro atoms. The number of halogens is 1. The summed E-state index contributed by atoms with van der Waals surface area (Å²) < 4.78 is 42.5. The van der Waals surface area contributed by atoms with Crippen molar-refractivity contribution in [3.8, 4) is 10.7 Å². The average molecular weight is 814 g/mol. The molecule has 3 heterocycles. The van der Waals surface area contributed by atoms with E-state index in [1.54, 1.807) is 38.6 Å². The fourth-order valence-electron chi connectivity index (χ4n) is 7.59. The second-order valence-electron chi connectivity index (χ2n) is 15.9. The number of nitrogens with one attached hydrogen (secondary N) is 2. The molecule has 4 N–H and O–H groups in total. The van der Waals surface area contributed by atoms with E-state index in [-0.39, 0.29) is 31.0 Å². The van der Waals surface area contributed by atoms with Crippen molar-refractivity contribution in [2.24, 2.45) is 5.92 Å². The highest BCUT2D eigenvalue weighted by molar-refractivity contribution is 7.13. The van der Waals surface area contributed by atoms with Gasteiger partial charge in [-0.3, -0.25) is 9.48 Å². The zero-order valence-electron chi connectivity index (χ0n) is 35.3. The summed E-state index contributed by atoms with van der Waals surface area (Å²) in [5.74, 6) is -2.56. The third-order valence-corrected chi connectivity index (χ3v) is 11.9. The van der Waals surface area contributed by atoms with Gasteiger partial charge in [0.05, 0.1) is 23.9 Å². The van der Waals surface area contributed by atoms with Crippen LogP contribution in [0.15, 0.2) is 17.8 Å². The molecule has 3 rings (SSSR count). The number of alkyl halides is 1. The molecule has 11 atom stereocenters. The number of carbonyl (C=O) groups is 2. The maximum absolute atomic E-state index is 16.6. The number of aliphatic hydroxyl groups excluding tert-OH is 1. The Morgan fingerprint density at radius 3 is 2.50 bits per heavy atom. The fourth-order valence-corrected chi connectivity index (χ4v) is 8.18. The molecule has 56 heavy (non-hydrogen) atoms. The summed E-state index contributed by atoms with van der Waals surface area (Å²) in [5.41, 5.74) is -5.23. The van der Waals surface area contributed by atoms with Crippen molar-refractivity contribution in [1.29, 1.82) is 0 Å². The number of rotatable bonds is 17. The van der Waals surface area contributed by atoms with Crippen LogP contribution < -0.4 is 10.6 Å². The zero-order chi connectivity index (χ0) is 41.8. The molecule has 0 radical (unpaired) electrons. The number of carbonyl (C=O) groups excluding carboxylic acids is 2. The molecule has 1 saturated heterocycles. The van der Waals surface area contributed by atoms with Crippen LogP contribution in [-0.4, -0.2) is 147 Å². The monoisotopic (exact) mass is 813 g/mol. The molecule has 2 unspecified atom stereocenters. The Kier molecular flexibility index (Phi) is 18.4. The predicted octanol–water partition coefficient (Wildman–Crippen LogP) is 3.77. The molecule has 0 aliphatic carbocycles. The van der Waals surface area contributed by atoms with Crippen molar-refractivity contribution in [1.82, 2.24) is 35.5 Å². The van der Waals surface area contributed by atoms with Gasteiger partial charge in [0.1, 0.15) is 28.5 Å². The number of aryl methyl sites for hydroxylation is 1. The Balaban J connectivity index is 1.88. The first-order valence-electron chi connectivity index (χ1n) is 19.9. The Hall–Kier alpha value is -2.48. The van der Waals surface area contributed by atoms with E-state index in [4.69, 9.17) is 18.9 Å². The van der Waals surface area contributed by atoms with Gasteiger partial charge < -0.3 is 44.7 Å². The van der Waals surface area contributed by atoms with Crippen molar-refractivity contribution < 1.29 is 43.1 Å². The van der Waals surface area contributed by atoms with Gasteiger partial charge in [0.2, 0.25) is 0 Å². The van der Waals surface area contributed by atoms with E-state index in [1.165, 1.54) is 18.4 Å². The number of ketones is 1. The largest absolute Gasteiger partial charge is 0.457 e. The summed E-state index contributed by atoms with van der Waals surface area (Å²) in [6.07, 6.45) is 1.02. The Morgan fingerprint density at radius 1 is 1.20 bits per heavy atom. The Morgan fingerprint density at radius 2 is 1.91 bits per heavy atom. The lowest BCUT2D eigenvalue weighted by Crippen LogP contribution is -2.64. The Bertz CT molecular complexity index is 1480. The van der Waals surface area contributed by atoms with Crippen molar-refractivity contribution in [3.63, 3.8) is 0 Å². The minimum Gasteiger partial charge on any atom is -0.457 e. The number of ether oxygens (including phenoxy) is 4. The summed E-state index contributed by atoms with van der Waals surface area (Å²) in [5, 5.41) is 41.8. The van der Waals surface area contributed by atoms with Crippen molar-refractivity contribution >= 4 is 23.1 Å². The third kappa shape index (κ3) is 12.3. The van der Waals surface area contributed by atoms with Gasteiger partial charge in [0.25, 0.3) is 5.67 Å². The molecule has 15 nitrogen and oxygen atoms in total. The summed E-state index contributed by atoms with van der Waals surface area (Å²) >= 11 is 1.50. The summed E-state index contributed by atoms with van der Waals surface area (Å²) in [7, 11) is 5.17. The Labute approximate surface area is 336 Å². The van der Waals surface area contributed by atoms with E-state index in [1.807, 2.05) is 51.3 Å². The molecule has 0 saturated carbocycles. The van der Waals surface area contributed by atoms with Crippen LogP contribution in [0, 0.1) is 5.92 Å². The summed E-state index contributed by atoms with van der Waals surface area (Å²) in [4.78, 5) is 33.7. The predicted molar refractivity (Wildman–Crippen MR) is 213 cm³/mol. The highest BCUT2D eigenvalue weighted by Gasteiger charge is 2.51. The molecule has 320 valence electrons. The van der Waals surface area contributed by atoms with E-state index in [9.17, 15) is 19.8 Å². The number of esters is 1. The van der Waals surface area contributed by atoms with Crippen LogP contribution >= 0.6 is 11.3 Å². The molecule has 2 aromatic heterocycles. The molecular formula is C39H68FN7O8S. The number of Topliss-reactive ketones (excluding diaryl/α,β-unsaturated/α-hetero) is 1. The van der Waals surface area contributed by atoms with Crippen LogP contribution in [0.25, 0.3) is 10.7 Å². The van der Waals surface area contributed by atoms with Crippen LogP contribution in [0.2, 0.25) is 0 Å². The number of unbranched alkanes of at least 4 members (excludes halogenated alkanes) is 1. The number of methoxy groups -OCH3 is 1. The van der Waals surface area contributed by atoms with Gasteiger partial charge in [-0.2, -0.15) is 0 Å². The van der Waals surface area contributed by atoms with Gasteiger partial charge in [-0.05, 0) is 99.8 Å². The summed E-state index contributed by atoms with van der Waals surface area (Å²) in [6, 6.07) is -1.35. The SMILES string of the molecule is CCO[C@@H](O[C@@H]1CC(=O)[C@@](C)(F)C(=O)O[C@H](CC)[C@@](C)(O)[C@H](NCCCCn2cc(-c3nccs3)nn2)[C@@H](C)NC[C@H](C)C[C@@]1(C)OC)C(O)C(CC)N(C)C. The first kappa shape index (κ1) is 47.9. The lowest BCUT2D eigenvalue weighted by Gasteiger charge is -2.43. The van der Waals surface area contributed by atoms with Gasteiger partial charge in [0, 0.05) is 50.3 Å². The average Bonchev–Trinajstić information content (AvgIpc) is 3.86. The second kappa shape index (κ2) is 21.5. The lowest BCUT2D eigenvalue weighted by molar-refractivity contribution is -0.258. The van der Waals surface area contributed by atoms with E-state index in [0.717, 1.165) is 30.5 Å². The van der Waals surface area contributed by atoms with Crippen molar-refractivity contribution in [2.75, 3.05) is 40.9 Å². The van der Waals surface area contributed by atoms with Crippen molar-refractivity contribution in [3.05, 3.63) is 17.8 Å². The molecule has 17 heteroatoms. The highest BCUT2D eigenvalue weighted by Crippen LogP contribution is 2.34. The number of aromatic nitrogens is 4. The topological polar surface area (TPSA) is 182 Å². The maximum atomic E-state index is 16.6. The van der Waals surface area contributed by atoms with Crippen LogP contribution in [-0.2, 0) is 35.1 Å². The minimum absolute atomic E-state index is 0.0754. The van der Waals surface area contributed by atoms with Gasteiger partial charge in [0.15, 0.2) is 12.1 Å². The van der Waals surface area contributed by atoms with Crippen LogP contribution in [0.3, 0.4) is 0 Å². The normalized spacial score (nSPS) is 31.7. The molecule has 1 aliphatic rings. The molecule has 0 amide bonds. The summed E-state index contributed by atoms with van der Waals surface area (Å²) in [6.45, 7) is 15.4. The third-order valence-electron chi connectivity index (χ3n) is 11.1. The molecule has 1 fully saturated rings. The smallest absolute Gasteiger partial charge is 0.351 e. The quantitative estimate of drug-likeness (QED) is 0.0784. The highest BCUT2D eigenvalue weighted by atomic mass is 32.1. The van der Waals surface area contributed by atoms with E-state index >= 15 is 4.39 Å². The minimum atomic E-state index is -3.09. The molecule has 0 bridgehead atoms. The van der Waals surface area contributed by atoms with Crippen molar-refractivity contribution in [2.45, 2.75) is 160 Å². The molecule has 0 aromatic carbocycles. The number of thiazole rings is 1. The van der Waals surface area contributed by atoms with Crippen LogP contribution in [0.5, 0.6) is 0 Å². The van der Waals surface area contributed by atoms with Gasteiger partial charge in [-0.1, -0.05) is 26.0 Å². The maximum Gasteiger partial charge on any atom is 0.351 e. The van der Waals surface area contributed by atoms with Gasteiger partial charge in [-0.15, -0.1) is 16.4 Å². The number of hydrogen-bond donors (Lipinski definition) is 4. The number of cyclic esters (lactones) is 1. The standard InChI is InChI=1S/C39H68FN7O8S/c1-12-28(46(9)10)32(49)35(53-14-3)54-31-21-29(48)38(7,40)36(50)55-30(13-2)39(8,51)33(26(5)43-23-25(4)22-37(31,6)52-11)41-17-15-16-19-47-24-27(44-45-47)34-42-18-20-56-34/h18,20,24-26,28,30-33,35,41,43,49,51H,12-17,19,21-23H2,1-11H3/t25-,26-,28?,30-,31-,32?,33-,35+,37-,38-,39-/m1/s1. The van der Waals surface area contributed by atoms with Gasteiger partial charge in [-0.25, -0.2) is 14.2 Å². The molecule has 1 aliphatic heterocycles. The lowest BCUT2D eigenvalue weighted by atomic mass is 9.83. The number of likely N-dealkylation sites (N-methyl/N-ethyl adjacent to an activating group) is 1. The van der Waals surface area contributed by atoms with Gasteiger partial charge >= 0.3 is 5.97 Å².